The average molecular weight is 308 g/mol. The van der Waals surface area contributed by atoms with Crippen LogP contribution in [0.2, 0.25) is 5.02 Å². The van der Waals surface area contributed by atoms with Crippen molar-refractivity contribution in [3.63, 3.8) is 0 Å². The van der Waals surface area contributed by atoms with Gasteiger partial charge in [0.05, 0.1) is 12.3 Å². The smallest absolute Gasteiger partial charge is 0.142 e. The van der Waals surface area contributed by atoms with Gasteiger partial charge in [0.25, 0.3) is 0 Å². The van der Waals surface area contributed by atoms with Crippen molar-refractivity contribution in [3.8, 4) is 5.75 Å². The predicted molar refractivity (Wildman–Crippen MR) is 85.5 cm³/mol. The first kappa shape index (κ1) is 15.6. The Morgan fingerprint density at radius 3 is 2.67 bits per heavy atom. The van der Waals surface area contributed by atoms with Crippen LogP contribution in [0.3, 0.4) is 0 Å². The van der Waals surface area contributed by atoms with Gasteiger partial charge in [-0.2, -0.15) is 0 Å². The van der Waals surface area contributed by atoms with Gasteiger partial charge in [0.15, 0.2) is 0 Å². The molecule has 0 aliphatic heterocycles. The molecule has 0 radical (unpaired) electrons. The summed E-state index contributed by atoms with van der Waals surface area (Å²) in [5, 5.41) is 3.66. The molecule has 0 saturated heterocycles. The quantitative estimate of drug-likeness (QED) is 0.799. The zero-order valence-electron chi connectivity index (χ0n) is 12.2. The van der Waals surface area contributed by atoms with Crippen molar-refractivity contribution in [2.45, 2.75) is 20.4 Å². The van der Waals surface area contributed by atoms with E-state index in [1.807, 2.05) is 24.3 Å². The topological polar surface area (TPSA) is 21.3 Å². The van der Waals surface area contributed by atoms with E-state index in [0.29, 0.717) is 24.1 Å². The van der Waals surface area contributed by atoms with Gasteiger partial charge < -0.3 is 10.1 Å². The minimum Gasteiger partial charge on any atom is -0.491 e. The van der Waals surface area contributed by atoms with Crippen molar-refractivity contribution in [1.29, 1.82) is 0 Å². The van der Waals surface area contributed by atoms with E-state index in [4.69, 9.17) is 16.3 Å². The number of anilines is 1. The summed E-state index contributed by atoms with van der Waals surface area (Å²) in [6.45, 7) is 5.35. The highest BCUT2D eigenvalue weighted by Gasteiger charge is 2.05. The number of hydrogen-bond acceptors (Lipinski definition) is 2. The summed E-state index contributed by atoms with van der Waals surface area (Å²) in [7, 11) is 0. The summed E-state index contributed by atoms with van der Waals surface area (Å²) in [5.41, 5.74) is 1.68. The molecule has 2 nitrogen and oxygen atoms in total. The van der Waals surface area contributed by atoms with Crippen LogP contribution < -0.4 is 10.1 Å². The summed E-state index contributed by atoms with van der Waals surface area (Å²) in [6.07, 6.45) is 0. The van der Waals surface area contributed by atoms with E-state index in [1.54, 1.807) is 6.07 Å². The van der Waals surface area contributed by atoms with Crippen molar-refractivity contribution >= 4 is 17.3 Å². The molecule has 0 atom stereocenters. The molecule has 0 aromatic heterocycles. The number of rotatable bonds is 6. The Labute approximate surface area is 129 Å². The predicted octanol–water partition coefficient (Wildman–Crippen LogP) is 5.13. The molecule has 21 heavy (non-hydrogen) atoms. The molecule has 0 aliphatic carbocycles. The Hall–Kier alpha value is -1.74. The summed E-state index contributed by atoms with van der Waals surface area (Å²) in [5.74, 6) is 0.928. The summed E-state index contributed by atoms with van der Waals surface area (Å²) < 4.78 is 19.1. The van der Waals surface area contributed by atoms with Gasteiger partial charge >= 0.3 is 0 Å². The number of halogens is 2. The highest BCUT2D eigenvalue weighted by Crippen LogP contribution is 2.25. The zero-order chi connectivity index (χ0) is 15.2. The van der Waals surface area contributed by atoms with E-state index >= 15 is 0 Å². The van der Waals surface area contributed by atoms with Gasteiger partial charge in [-0.05, 0) is 41.8 Å². The Bertz CT molecular complexity index is 581. The molecule has 0 saturated carbocycles. The summed E-state index contributed by atoms with van der Waals surface area (Å²) in [4.78, 5) is 0. The standard InChI is InChI=1S/C17H19ClFNO/c1-12(2)11-21-17-6-4-3-5-16(17)20-10-13-7-14(18)9-15(19)8-13/h3-9,12,20H,10-11H2,1-2H3. The number of benzene rings is 2. The van der Waals surface area contributed by atoms with Crippen LogP contribution in [0.15, 0.2) is 42.5 Å². The normalized spacial score (nSPS) is 10.7. The Kier molecular flexibility index (Phi) is 5.45. The van der Waals surface area contributed by atoms with Crippen molar-refractivity contribution in [1.82, 2.24) is 0 Å². The second-order valence-corrected chi connectivity index (χ2v) is 5.77. The molecule has 2 aromatic rings. The summed E-state index contributed by atoms with van der Waals surface area (Å²) in [6, 6.07) is 12.2. The van der Waals surface area contributed by atoms with Crippen LogP contribution in [0.25, 0.3) is 0 Å². The highest BCUT2D eigenvalue weighted by atomic mass is 35.5. The minimum absolute atomic E-state index is 0.330. The van der Waals surface area contributed by atoms with E-state index in [1.165, 1.54) is 12.1 Å². The van der Waals surface area contributed by atoms with E-state index in [0.717, 1.165) is 17.0 Å². The minimum atomic E-state index is -0.330. The second-order valence-electron chi connectivity index (χ2n) is 5.33. The number of ether oxygens (including phenoxy) is 1. The monoisotopic (exact) mass is 307 g/mol. The van der Waals surface area contributed by atoms with Gasteiger partial charge in [0, 0.05) is 11.6 Å². The summed E-state index contributed by atoms with van der Waals surface area (Å²) >= 11 is 5.86. The Morgan fingerprint density at radius 1 is 1.19 bits per heavy atom. The van der Waals surface area contributed by atoms with Gasteiger partial charge in [-0.1, -0.05) is 37.6 Å². The molecule has 2 aromatic carbocycles. The lowest BCUT2D eigenvalue weighted by atomic mass is 10.2. The van der Waals surface area contributed by atoms with Crippen LogP contribution in [-0.2, 0) is 6.54 Å². The number of hydrogen-bond donors (Lipinski definition) is 1. The van der Waals surface area contributed by atoms with Gasteiger partial charge in [-0.25, -0.2) is 4.39 Å². The second kappa shape index (κ2) is 7.32. The molecular formula is C17H19ClFNO. The van der Waals surface area contributed by atoms with Crippen LogP contribution in [0.1, 0.15) is 19.4 Å². The van der Waals surface area contributed by atoms with Crippen LogP contribution in [0, 0.1) is 11.7 Å². The first-order valence-corrected chi connectivity index (χ1v) is 7.33. The molecule has 112 valence electrons. The molecule has 0 heterocycles. The number of nitrogens with one attached hydrogen (secondary N) is 1. The fraction of sp³-hybridized carbons (Fsp3) is 0.294. The zero-order valence-corrected chi connectivity index (χ0v) is 13.0. The molecule has 4 heteroatoms. The molecule has 0 aliphatic rings. The van der Waals surface area contributed by atoms with Crippen molar-refractivity contribution in [2.75, 3.05) is 11.9 Å². The Morgan fingerprint density at radius 2 is 1.95 bits per heavy atom. The first-order chi connectivity index (χ1) is 10.0. The Balaban J connectivity index is 2.05. The molecule has 0 unspecified atom stereocenters. The van der Waals surface area contributed by atoms with E-state index < -0.39 is 0 Å². The lowest BCUT2D eigenvalue weighted by molar-refractivity contribution is 0.272. The lowest BCUT2D eigenvalue weighted by Crippen LogP contribution is -2.07. The fourth-order valence-corrected chi connectivity index (χ4v) is 2.15. The molecular weight excluding hydrogens is 289 g/mol. The maximum Gasteiger partial charge on any atom is 0.142 e. The average Bonchev–Trinajstić information content (AvgIpc) is 2.42. The maximum atomic E-state index is 13.3. The third kappa shape index (κ3) is 4.94. The van der Waals surface area contributed by atoms with Crippen molar-refractivity contribution in [2.24, 2.45) is 5.92 Å². The largest absolute Gasteiger partial charge is 0.491 e. The third-order valence-electron chi connectivity index (χ3n) is 2.86. The van der Waals surface area contributed by atoms with Gasteiger partial charge in [0.2, 0.25) is 0 Å². The van der Waals surface area contributed by atoms with Crippen molar-refractivity contribution in [3.05, 3.63) is 58.9 Å². The maximum absolute atomic E-state index is 13.3. The van der Waals surface area contributed by atoms with Crippen molar-refractivity contribution < 1.29 is 9.13 Å². The van der Waals surface area contributed by atoms with Crippen LogP contribution in [0.4, 0.5) is 10.1 Å². The molecule has 0 spiro atoms. The fourth-order valence-electron chi connectivity index (χ4n) is 1.91. The third-order valence-corrected chi connectivity index (χ3v) is 3.08. The van der Waals surface area contributed by atoms with Crippen LogP contribution >= 0.6 is 11.6 Å². The van der Waals surface area contributed by atoms with Gasteiger partial charge in [-0.3, -0.25) is 0 Å². The SMILES string of the molecule is CC(C)COc1ccccc1NCc1cc(F)cc(Cl)c1. The number of para-hydroxylation sites is 2. The molecule has 0 bridgehead atoms. The van der Waals surface area contributed by atoms with Gasteiger partial charge in [-0.15, -0.1) is 0 Å². The highest BCUT2D eigenvalue weighted by molar-refractivity contribution is 6.30. The van der Waals surface area contributed by atoms with Crippen LogP contribution in [0.5, 0.6) is 5.75 Å². The van der Waals surface area contributed by atoms with E-state index in [9.17, 15) is 4.39 Å². The lowest BCUT2D eigenvalue weighted by Gasteiger charge is -2.14. The molecule has 2 rings (SSSR count). The van der Waals surface area contributed by atoms with Gasteiger partial charge in [0.1, 0.15) is 11.6 Å². The van der Waals surface area contributed by atoms with Crippen LogP contribution in [-0.4, -0.2) is 6.61 Å². The molecule has 1 N–H and O–H groups in total. The first-order valence-electron chi connectivity index (χ1n) is 6.95. The van der Waals surface area contributed by atoms with E-state index in [-0.39, 0.29) is 5.82 Å². The molecule has 0 amide bonds. The molecule has 0 fully saturated rings. The van der Waals surface area contributed by atoms with E-state index in [2.05, 4.69) is 19.2 Å².